The molecular formula is C18H28O3. The van der Waals surface area contributed by atoms with Gasteiger partial charge >= 0.3 is 0 Å². The molecular weight excluding hydrogens is 264 g/mol. The van der Waals surface area contributed by atoms with Crippen LogP contribution in [0.15, 0.2) is 23.8 Å². The van der Waals surface area contributed by atoms with Crippen molar-refractivity contribution in [2.24, 2.45) is 0 Å². The van der Waals surface area contributed by atoms with Crippen molar-refractivity contribution >= 4 is 0 Å². The maximum absolute atomic E-state index is 10.4. The molecule has 0 radical (unpaired) electrons. The third kappa shape index (κ3) is 6.05. The van der Waals surface area contributed by atoms with Crippen molar-refractivity contribution < 1.29 is 14.9 Å². The van der Waals surface area contributed by atoms with Crippen molar-refractivity contribution in [1.29, 1.82) is 0 Å². The molecule has 3 nitrogen and oxygen atoms in total. The van der Waals surface area contributed by atoms with Crippen LogP contribution in [-0.4, -0.2) is 21.9 Å². The Kier molecular flexibility index (Phi) is 5.81. The van der Waals surface area contributed by atoms with Gasteiger partial charge in [-0.2, -0.15) is 0 Å². The van der Waals surface area contributed by atoms with Crippen molar-refractivity contribution in [2.75, 3.05) is 0 Å². The average Bonchev–Trinajstić information content (AvgIpc) is 2.89. The molecule has 21 heavy (non-hydrogen) atoms. The van der Waals surface area contributed by atoms with Crippen LogP contribution in [0.1, 0.15) is 60.8 Å². The lowest BCUT2D eigenvalue weighted by Gasteiger charge is -2.28. The largest absolute Gasteiger partial charge is 0.374 e. The van der Waals surface area contributed by atoms with Gasteiger partial charge in [-0.3, -0.25) is 0 Å². The van der Waals surface area contributed by atoms with E-state index >= 15 is 0 Å². The Morgan fingerprint density at radius 3 is 2.33 bits per heavy atom. The molecule has 1 aliphatic rings. The van der Waals surface area contributed by atoms with Gasteiger partial charge in [0.25, 0.3) is 0 Å². The summed E-state index contributed by atoms with van der Waals surface area (Å²) in [6.45, 7) is 11.4. The van der Waals surface area contributed by atoms with Crippen molar-refractivity contribution in [3.63, 3.8) is 0 Å². The zero-order valence-corrected chi connectivity index (χ0v) is 14.1. The quantitative estimate of drug-likeness (QED) is 0.458. The Bertz CT molecular complexity index is 470. The molecule has 0 saturated carbocycles. The van der Waals surface area contributed by atoms with E-state index in [9.17, 15) is 5.11 Å². The Morgan fingerprint density at radius 2 is 1.81 bits per heavy atom. The molecule has 0 aliphatic heterocycles. The summed E-state index contributed by atoms with van der Waals surface area (Å²) in [5.41, 5.74) is -1.45. The second-order valence-electron chi connectivity index (χ2n) is 6.81. The standard InChI is InChI=1S/C18H28O3/c1-7-12-16(2,3)20-21-17(4,5)13-14-18(6,19)15-10-8-9-11-15/h8,10-11,19H,7,9,12H2,1-6H3. The summed E-state index contributed by atoms with van der Waals surface area (Å²) in [7, 11) is 0. The number of hydrogen-bond donors (Lipinski definition) is 1. The molecule has 0 heterocycles. The van der Waals surface area contributed by atoms with Crippen molar-refractivity contribution in [3.8, 4) is 11.8 Å². The van der Waals surface area contributed by atoms with Crippen LogP contribution in [0.3, 0.4) is 0 Å². The summed E-state index contributed by atoms with van der Waals surface area (Å²) in [5, 5.41) is 10.4. The second kappa shape index (κ2) is 6.79. The zero-order valence-electron chi connectivity index (χ0n) is 14.1. The molecule has 118 valence electrons. The van der Waals surface area contributed by atoms with Gasteiger partial charge in [-0.25, -0.2) is 9.78 Å². The molecule has 1 aliphatic carbocycles. The van der Waals surface area contributed by atoms with Gasteiger partial charge in [0, 0.05) is 0 Å². The maximum Gasteiger partial charge on any atom is 0.158 e. The summed E-state index contributed by atoms with van der Waals surface area (Å²) in [6.07, 6.45) is 8.67. The van der Waals surface area contributed by atoms with E-state index in [0.29, 0.717) is 0 Å². The fraction of sp³-hybridized carbons (Fsp3) is 0.667. The summed E-state index contributed by atoms with van der Waals surface area (Å²) in [5.74, 6) is 5.86. The van der Waals surface area contributed by atoms with Crippen LogP contribution < -0.4 is 0 Å². The minimum absolute atomic E-state index is 0.340. The van der Waals surface area contributed by atoms with E-state index < -0.39 is 11.2 Å². The van der Waals surface area contributed by atoms with Crippen LogP contribution in [0, 0.1) is 11.8 Å². The molecule has 1 atom stereocenters. The Balaban J connectivity index is 2.68. The first-order chi connectivity index (χ1) is 9.58. The third-order valence-corrected chi connectivity index (χ3v) is 3.27. The predicted molar refractivity (Wildman–Crippen MR) is 85.5 cm³/mol. The molecule has 0 saturated heterocycles. The number of hydrogen-bond acceptors (Lipinski definition) is 3. The van der Waals surface area contributed by atoms with E-state index in [2.05, 4.69) is 18.8 Å². The van der Waals surface area contributed by atoms with E-state index in [-0.39, 0.29) is 5.60 Å². The monoisotopic (exact) mass is 292 g/mol. The normalized spacial score (nSPS) is 18.0. The topological polar surface area (TPSA) is 38.7 Å². The van der Waals surface area contributed by atoms with Gasteiger partial charge in [-0.15, -0.1) is 0 Å². The first kappa shape index (κ1) is 18.0. The van der Waals surface area contributed by atoms with Crippen LogP contribution >= 0.6 is 0 Å². The highest BCUT2D eigenvalue weighted by Crippen LogP contribution is 2.24. The lowest BCUT2D eigenvalue weighted by Crippen LogP contribution is -2.32. The van der Waals surface area contributed by atoms with E-state index in [0.717, 1.165) is 24.8 Å². The van der Waals surface area contributed by atoms with E-state index in [1.807, 2.05) is 45.9 Å². The molecule has 0 aromatic carbocycles. The van der Waals surface area contributed by atoms with Gasteiger partial charge in [0.05, 0.1) is 5.60 Å². The highest BCUT2D eigenvalue weighted by Gasteiger charge is 2.27. The lowest BCUT2D eigenvalue weighted by atomic mass is 9.96. The van der Waals surface area contributed by atoms with Crippen LogP contribution in [0.4, 0.5) is 0 Å². The molecule has 1 rings (SSSR count). The molecule has 3 heteroatoms. The van der Waals surface area contributed by atoms with Gasteiger partial charge in [0.1, 0.15) is 5.60 Å². The van der Waals surface area contributed by atoms with Crippen LogP contribution in [0.25, 0.3) is 0 Å². The first-order valence-electron chi connectivity index (χ1n) is 7.59. The van der Waals surface area contributed by atoms with E-state index in [1.165, 1.54) is 0 Å². The fourth-order valence-corrected chi connectivity index (χ4v) is 2.04. The van der Waals surface area contributed by atoms with Gasteiger partial charge in [0.15, 0.2) is 5.60 Å². The smallest absolute Gasteiger partial charge is 0.158 e. The van der Waals surface area contributed by atoms with Gasteiger partial charge in [-0.05, 0) is 53.0 Å². The van der Waals surface area contributed by atoms with Crippen molar-refractivity contribution in [3.05, 3.63) is 23.8 Å². The van der Waals surface area contributed by atoms with Gasteiger partial charge in [-0.1, -0.05) is 43.4 Å². The van der Waals surface area contributed by atoms with Crippen LogP contribution in [0.2, 0.25) is 0 Å². The SMILES string of the molecule is CCCC(C)(C)OOC(C)(C)C#CC(C)(O)C1=CCC=C1. The van der Waals surface area contributed by atoms with Gasteiger partial charge in [0.2, 0.25) is 0 Å². The van der Waals surface area contributed by atoms with E-state index in [4.69, 9.17) is 9.78 Å². The molecule has 0 aromatic rings. The van der Waals surface area contributed by atoms with Crippen LogP contribution in [-0.2, 0) is 9.78 Å². The number of aliphatic hydroxyl groups is 1. The number of rotatable bonds is 6. The Hall–Kier alpha value is -1.08. The molecule has 1 unspecified atom stereocenters. The highest BCUT2D eigenvalue weighted by atomic mass is 17.2. The maximum atomic E-state index is 10.4. The van der Waals surface area contributed by atoms with Crippen molar-refractivity contribution in [2.45, 2.75) is 77.6 Å². The van der Waals surface area contributed by atoms with Crippen molar-refractivity contribution in [1.82, 2.24) is 0 Å². The molecule has 1 N–H and O–H groups in total. The Labute approximate surface area is 129 Å². The molecule has 0 fully saturated rings. The fourth-order valence-electron chi connectivity index (χ4n) is 2.04. The minimum Gasteiger partial charge on any atom is -0.374 e. The molecule has 0 spiro atoms. The minimum atomic E-state index is -1.16. The van der Waals surface area contributed by atoms with E-state index in [1.54, 1.807) is 6.92 Å². The summed E-state index contributed by atoms with van der Waals surface area (Å²) in [4.78, 5) is 11.0. The first-order valence-corrected chi connectivity index (χ1v) is 7.59. The predicted octanol–water partition coefficient (Wildman–Crippen LogP) is 3.93. The second-order valence-corrected chi connectivity index (χ2v) is 6.81. The summed E-state index contributed by atoms with van der Waals surface area (Å²) in [6, 6.07) is 0. The zero-order chi connectivity index (χ0) is 16.1. The van der Waals surface area contributed by atoms with Gasteiger partial charge < -0.3 is 5.11 Å². The molecule has 0 amide bonds. The highest BCUT2D eigenvalue weighted by molar-refractivity contribution is 5.41. The van der Waals surface area contributed by atoms with Crippen LogP contribution in [0.5, 0.6) is 0 Å². The third-order valence-electron chi connectivity index (χ3n) is 3.27. The number of allylic oxidation sites excluding steroid dienone is 2. The molecule has 0 bridgehead atoms. The summed E-state index contributed by atoms with van der Waals surface area (Å²) < 4.78 is 0. The lowest BCUT2D eigenvalue weighted by molar-refractivity contribution is -0.389. The Morgan fingerprint density at radius 1 is 1.14 bits per heavy atom. The average molecular weight is 292 g/mol. The molecule has 0 aromatic heterocycles. The summed E-state index contributed by atoms with van der Waals surface area (Å²) >= 11 is 0.